The van der Waals surface area contributed by atoms with Gasteiger partial charge in [0.1, 0.15) is 6.54 Å². The van der Waals surface area contributed by atoms with Crippen molar-refractivity contribution in [2.24, 2.45) is 11.7 Å². The molecule has 4 N–H and O–H groups in total. The SMILES string of the molecule is CC(CN)(NC(=O)CCC(=O)N1CC(=O)Nc2ccccc21)C1CC1. The van der Waals surface area contributed by atoms with Gasteiger partial charge in [-0.15, -0.1) is 0 Å². The zero-order valence-corrected chi connectivity index (χ0v) is 14.4. The summed E-state index contributed by atoms with van der Waals surface area (Å²) >= 11 is 0. The van der Waals surface area contributed by atoms with Crippen molar-refractivity contribution in [3.8, 4) is 0 Å². The quantitative estimate of drug-likeness (QED) is 0.716. The number of nitrogens with one attached hydrogen (secondary N) is 2. The lowest BCUT2D eigenvalue weighted by Gasteiger charge is -2.30. The highest BCUT2D eigenvalue weighted by Gasteiger charge is 2.41. The summed E-state index contributed by atoms with van der Waals surface area (Å²) in [7, 11) is 0. The average Bonchev–Trinajstić information content (AvgIpc) is 3.44. The van der Waals surface area contributed by atoms with Gasteiger partial charge in [0.2, 0.25) is 17.7 Å². The Labute approximate surface area is 146 Å². The van der Waals surface area contributed by atoms with Crippen molar-refractivity contribution in [1.82, 2.24) is 5.32 Å². The van der Waals surface area contributed by atoms with Crippen LogP contribution in [0.5, 0.6) is 0 Å². The highest BCUT2D eigenvalue weighted by Crippen LogP contribution is 2.39. The Morgan fingerprint density at radius 3 is 2.72 bits per heavy atom. The zero-order chi connectivity index (χ0) is 18.0. The maximum atomic E-state index is 12.5. The zero-order valence-electron chi connectivity index (χ0n) is 14.4. The second-order valence-electron chi connectivity index (χ2n) is 6.99. The van der Waals surface area contributed by atoms with Crippen LogP contribution in [-0.4, -0.2) is 36.3 Å². The van der Waals surface area contributed by atoms with Crippen molar-refractivity contribution < 1.29 is 14.4 Å². The first kappa shape index (κ1) is 17.4. The molecule has 0 spiro atoms. The maximum Gasteiger partial charge on any atom is 0.244 e. The van der Waals surface area contributed by atoms with Crippen LogP contribution in [0.3, 0.4) is 0 Å². The third-order valence-electron chi connectivity index (χ3n) is 4.97. The Morgan fingerprint density at radius 2 is 2.04 bits per heavy atom. The van der Waals surface area contributed by atoms with Crippen molar-refractivity contribution in [3.05, 3.63) is 24.3 Å². The Kier molecular flexibility index (Phi) is 4.76. The molecule has 7 nitrogen and oxygen atoms in total. The Balaban J connectivity index is 1.59. The van der Waals surface area contributed by atoms with Crippen molar-refractivity contribution in [2.45, 2.75) is 38.1 Å². The van der Waals surface area contributed by atoms with E-state index in [4.69, 9.17) is 5.73 Å². The molecule has 1 fully saturated rings. The molecule has 1 atom stereocenters. The molecule has 1 aromatic rings. The lowest BCUT2D eigenvalue weighted by Crippen LogP contribution is -2.53. The van der Waals surface area contributed by atoms with E-state index in [0.717, 1.165) is 12.8 Å². The molecule has 25 heavy (non-hydrogen) atoms. The molecule has 1 saturated carbocycles. The van der Waals surface area contributed by atoms with E-state index in [2.05, 4.69) is 10.6 Å². The van der Waals surface area contributed by atoms with Gasteiger partial charge in [0, 0.05) is 19.4 Å². The largest absolute Gasteiger partial charge is 0.349 e. The number of carbonyl (C=O) groups excluding carboxylic acids is 3. The fourth-order valence-electron chi connectivity index (χ4n) is 3.23. The summed E-state index contributed by atoms with van der Waals surface area (Å²) in [5.41, 5.74) is 6.69. The first-order valence-corrected chi connectivity index (χ1v) is 8.63. The lowest BCUT2D eigenvalue weighted by molar-refractivity contribution is -0.126. The number of amides is 3. The number of para-hydroxylation sites is 2. The van der Waals surface area contributed by atoms with Crippen molar-refractivity contribution in [3.63, 3.8) is 0 Å². The number of nitrogens with zero attached hydrogens (tertiary/aromatic N) is 1. The Morgan fingerprint density at radius 1 is 1.32 bits per heavy atom. The van der Waals surface area contributed by atoms with E-state index in [1.165, 1.54) is 4.90 Å². The average molecular weight is 344 g/mol. The second-order valence-corrected chi connectivity index (χ2v) is 6.99. The van der Waals surface area contributed by atoms with E-state index in [0.29, 0.717) is 23.8 Å². The van der Waals surface area contributed by atoms with Gasteiger partial charge in [-0.1, -0.05) is 12.1 Å². The van der Waals surface area contributed by atoms with Crippen LogP contribution in [0, 0.1) is 5.92 Å². The molecular formula is C18H24N4O3. The smallest absolute Gasteiger partial charge is 0.244 e. The number of hydrogen-bond donors (Lipinski definition) is 3. The number of rotatable bonds is 6. The minimum atomic E-state index is -0.391. The van der Waals surface area contributed by atoms with Gasteiger partial charge in [0.05, 0.1) is 16.9 Å². The van der Waals surface area contributed by atoms with Gasteiger partial charge in [-0.25, -0.2) is 0 Å². The molecule has 3 amide bonds. The number of anilines is 2. The first-order chi connectivity index (χ1) is 11.9. The van der Waals surface area contributed by atoms with E-state index in [9.17, 15) is 14.4 Å². The van der Waals surface area contributed by atoms with Gasteiger partial charge in [-0.3, -0.25) is 14.4 Å². The van der Waals surface area contributed by atoms with Gasteiger partial charge < -0.3 is 21.3 Å². The van der Waals surface area contributed by atoms with Crippen LogP contribution in [0.2, 0.25) is 0 Å². The van der Waals surface area contributed by atoms with Crippen LogP contribution in [0.1, 0.15) is 32.6 Å². The van der Waals surface area contributed by atoms with E-state index in [1.807, 2.05) is 13.0 Å². The summed E-state index contributed by atoms with van der Waals surface area (Å²) in [6, 6.07) is 7.14. The molecule has 0 aromatic heterocycles. The lowest BCUT2D eigenvalue weighted by atomic mass is 9.95. The standard InChI is InChI=1S/C18H24N4O3/c1-18(11-19,12-6-7-12)21-15(23)8-9-17(25)22-10-16(24)20-13-4-2-3-5-14(13)22/h2-5,12H,6-11,19H2,1H3,(H,20,24)(H,21,23). The Hall–Kier alpha value is -2.41. The van der Waals surface area contributed by atoms with Gasteiger partial charge in [0.15, 0.2) is 0 Å². The molecule has 2 aliphatic rings. The Bertz CT molecular complexity index is 701. The summed E-state index contributed by atoms with van der Waals surface area (Å²) in [6.45, 7) is 2.31. The third kappa shape index (κ3) is 3.82. The molecule has 1 aliphatic heterocycles. The molecule has 0 saturated heterocycles. The van der Waals surface area contributed by atoms with Gasteiger partial charge >= 0.3 is 0 Å². The fraction of sp³-hybridized carbons (Fsp3) is 0.500. The van der Waals surface area contributed by atoms with Crippen LogP contribution >= 0.6 is 0 Å². The minimum absolute atomic E-state index is 0.0277. The fourth-order valence-corrected chi connectivity index (χ4v) is 3.23. The van der Waals surface area contributed by atoms with Crippen LogP contribution in [0.4, 0.5) is 11.4 Å². The number of fused-ring (bicyclic) bond motifs is 1. The molecule has 0 bridgehead atoms. The highest BCUT2D eigenvalue weighted by molar-refractivity contribution is 6.10. The number of nitrogens with two attached hydrogens (primary N) is 1. The summed E-state index contributed by atoms with van der Waals surface area (Å²) in [4.78, 5) is 38.0. The van der Waals surface area contributed by atoms with E-state index in [1.54, 1.807) is 18.2 Å². The molecule has 1 heterocycles. The number of benzene rings is 1. The molecule has 1 unspecified atom stereocenters. The normalized spacial score (nSPS) is 18.8. The minimum Gasteiger partial charge on any atom is -0.349 e. The third-order valence-corrected chi connectivity index (χ3v) is 4.97. The summed E-state index contributed by atoms with van der Waals surface area (Å²) in [5.74, 6) is -0.225. The van der Waals surface area contributed by atoms with Crippen molar-refractivity contribution in [1.29, 1.82) is 0 Å². The van der Waals surface area contributed by atoms with E-state index >= 15 is 0 Å². The number of carbonyl (C=O) groups is 3. The van der Waals surface area contributed by atoms with Crippen LogP contribution < -0.4 is 21.3 Å². The molecule has 1 aliphatic carbocycles. The summed E-state index contributed by atoms with van der Waals surface area (Å²) in [5, 5.41) is 5.72. The maximum absolute atomic E-state index is 12.5. The summed E-state index contributed by atoms with van der Waals surface area (Å²) in [6.07, 6.45) is 2.29. The molecular weight excluding hydrogens is 320 g/mol. The van der Waals surface area contributed by atoms with E-state index in [-0.39, 0.29) is 37.1 Å². The van der Waals surface area contributed by atoms with Crippen LogP contribution in [0.25, 0.3) is 0 Å². The highest BCUT2D eigenvalue weighted by atomic mass is 16.2. The molecule has 7 heteroatoms. The molecule has 3 rings (SSSR count). The van der Waals surface area contributed by atoms with Gasteiger partial charge in [-0.2, -0.15) is 0 Å². The van der Waals surface area contributed by atoms with Crippen LogP contribution in [-0.2, 0) is 14.4 Å². The predicted molar refractivity (Wildman–Crippen MR) is 95.0 cm³/mol. The van der Waals surface area contributed by atoms with E-state index < -0.39 is 5.54 Å². The topological polar surface area (TPSA) is 105 Å². The first-order valence-electron chi connectivity index (χ1n) is 8.63. The van der Waals surface area contributed by atoms with Gasteiger partial charge in [-0.05, 0) is 37.8 Å². The van der Waals surface area contributed by atoms with Crippen molar-refractivity contribution >= 4 is 29.1 Å². The number of hydrogen-bond acceptors (Lipinski definition) is 4. The van der Waals surface area contributed by atoms with Gasteiger partial charge in [0.25, 0.3) is 0 Å². The molecule has 0 radical (unpaired) electrons. The summed E-state index contributed by atoms with van der Waals surface area (Å²) < 4.78 is 0. The van der Waals surface area contributed by atoms with Crippen molar-refractivity contribution in [2.75, 3.05) is 23.3 Å². The predicted octanol–water partition coefficient (Wildman–Crippen LogP) is 0.996. The molecule has 1 aromatic carbocycles. The monoisotopic (exact) mass is 344 g/mol. The molecule has 134 valence electrons. The second kappa shape index (κ2) is 6.84. The van der Waals surface area contributed by atoms with Crippen LogP contribution in [0.15, 0.2) is 24.3 Å².